The van der Waals surface area contributed by atoms with E-state index in [0.717, 1.165) is 42.9 Å². The van der Waals surface area contributed by atoms with Gasteiger partial charge in [-0.2, -0.15) is 5.10 Å². The second-order valence-electron chi connectivity index (χ2n) is 6.27. The predicted octanol–water partition coefficient (Wildman–Crippen LogP) is 2.34. The summed E-state index contributed by atoms with van der Waals surface area (Å²) in [7, 11) is 0. The van der Waals surface area contributed by atoms with Gasteiger partial charge in [-0.05, 0) is 31.0 Å². The van der Waals surface area contributed by atoms with Crippen LogP contribution in [0.5, 0.6) is 0 Å². The van der Waals surface area contributed by atoms with Gasteiger partial charge in [-0.1, -0.05) is 0 Å². The molecule has 26 heavy (non-hydrogen) atoms. The number of anilines is 1. The van der Waals surface area contributed by atoms with Crippen molar-refractivity contribution in [2.75, 3.05) is 18.0 Å². The number of carbonyl (C=O) groups is 1. The summed E-state index contributed by atoms with van der Waals surface area (Å²) in [6, 6.07) is 7.51. The van der Waals surface area contributed by atoms with E-state index in [-0.39, 0.29) is 5.69 Å². The third-order valence-electron chi connectivity index (χ3n) is 4.70. The van der Waals surface area contributed by atoms with Crippen molar-refractivity contribution in [3.05, 3.63) is 54.4 Å². The highest BCUT2D eigenvalue weighted by atomic mass is 16.4. The minimum absolute atomic E-state index is 0.0210. The quantitative estimate of drug-likeness (QED) is 0.743. The molecule has 1 aliphatic heterocycles. The van der Waals surface area contributed by atoms with Crippen LogP contribution in [0.25, 0.3) is 11.3 Å². The Hall–Kier alpha value is -3.29. The number of piperidine rings is 1. The van der Waals surface area contributed by atoms with Gasteiger partial charge in [-0.15, -0.1) is 0 Å². The predicted molar refractivity (Wildman–Crippen MR) is 95.0 cm³/mol. The van der Waals surface area contributed by atoms with Gasteiger partial charge in [-0.25, -0.2) is 14.8 Å². The molecule has 1 fully saturated rings. The van der Waals surface area contributed by atoms with Crippen LogP contribution in [0.2, 0.25) is 0 Å². The maximum absolute atomic E-state index is 11.1. The number of aromatic nitrogens is 5. The number of pyridine rings is 1. The number of nitrogens with zero attached hydrogens (tertiary/aromatic N) is 5. The molecule has 3 aromatic heterocycles. The van der Waals surface area contributed by atoms with E-state index in [1.54, 1.807) is 12.4 Å². The van der Waals surface area contributed by atoms with Gasteiger partial charge in [0, 0.05) is 48.7 Å². The van der Waals surface area contributed by atoms with Gasteiger partial charge in [0.25, 0.3) is 0 Å². The summed E-state index contributed by atoms with van der Waals surface area (Å²) in [5.41, 5.74) is 3.12. The molecule has 8 nitrogen and oxygen atoms in total. The molecule has 3 aromatic rings. The summed E-state index contributed by atoms with van der Waals surface area (Å²) in [5, 5.41) is 16.6. The number of hydrogen-bond acceptors (Lipinski definition) is 6. The Labute approximate surface area is 150 Å². The van der Waals surface area contributed by atoms with E-state index in [1.165, 1.54) is 12.4 Å². The molecule has 4 rings (SSSR count). The minimum Gasteiger partial charge on any atom is -0.477 e. The van der Waals surface area contributed by atoms with Crippen LogP contribution in [0.1, 0.15) is 34.9 Å². The molecule has 0 spiro atoms. The number of carboxylic acid groups (broad SMARTS) is 1. The number of carboxylic acids is 1. The van der Waals surface area contributed by atoms with Crippen LogP contribution in [0, 0.1) is 0 Å². The molecule has 0 aromatic carbocycles. The monoisotopic (exact) mass is 350 g/mol. The van der Waals surface area contributed by atoms with Gasteiger partial charge in [0.1, 0.15) is 12.1 Å². The van der Waals surface area contributed by atoms with Crippen molar-refractivity contribution in [2.45, 2.75) is 18.8 Å². The number of nitrogens with one attached hydrogen (secondary N) is 1. The number of rotatable bonds is 4. The van der Waals surface area contributed by atoms with Crippen molar-refractivity contribution >= 4 is 11.8 Å². The van der Waals surface area contributed by atoms with E-state index in [0.29, 0.717) is 11.7 Å². The fourth-order valence-corrected chi connectivity index (χ4v) is 3.27. The highest BCUT2D eigenvalue weighted by Crippen LogP contribution is 2.30. The standard InChI is InChI=1S/C18H18N6O2/c25-18(26)16-10-17(21-11-20-16)24-7-3-13(4-8-24)15-9-14(22-23-15)12-1-5-19-6-2-12/h1-2,5-6,9-11,13H,3-4,7-8H2,(H,22,23)(H,25,26). The zero-order valence-corrected chi connectivity index (χ0v) is 14.0. The minimum atomic E-state index is -1.04. The van der Waals surface area contributed by atoms with Crippen molar-refractivity contribution in [3.8, 4) is 11.3 Å². The van der Waals surface area contributed by atoms with Crippen molar-refractivity contribution in [3.63, 3.8) is 0 Å². The number of H-pyrrole nitrogens is 1. The zero-order valence-electron chi connectivity index (χ0n) is 14.0. The Kier molecular flexibility index (Phi) is 4.30. The molecule has 1 saturated heterocycles. The zero-order chi connectivity index (χ0) is 17.9. The van der Waals surface area contributed by atoms with Gasteiger partial charge in [0.05, 0.1) is 5.69 Å². The largest absolute Gasteiger partial charge is 0.477 e. The summed E-state index contributed by atoms with van der Waals surface area (Å²) in [5.74, 6) is 0.0256. The molecular weight excluding hydrogens is 332 g/mol. The second-order valence-corrected chi connectivity index (χ2v) is 6.27. The molecule has 1 aliphatic rings. The fourth-order valence-electron chi connectivity index (χ4n) is 3.27. The third-order valence-corrected chi connectivity index (χ3v) is 4.70. The summed E-state index contributed by atoms with van der Waals surface area (Å²) < 4.78 is 0. The van der Waals surface area contributed by atoms with E-state index >= 15 is 0 Å². The molecule has 4 heterocycles. The van der Waals surface area contributed by atoms with Gasteiger partial charge < -0.3 is 10.0 Å². The van der Waals surface area contributed by atoms with Crippen molar-refractivity contribution < 1.29 is 9.90 Å². The number of aromatic amines is 1. The van der Waals surface area contributed by atoms with Crippen molar-refractivity contribution in [1.29, 1.82) is 0 Å². The van der Waals surface area contributed by atoms with Crippen molar-refractivity contribution in [2.24, 2.45) is 0 Å². The Bertz CT molecular complexity index is 903. The van der Waals surface area contributed by atoms with E-state index in [2.05, 4.69) is 36.1 Å². The lowest BCUT2D eigenvalue weighted by Gasteiger charge is -2.32. The van der Waals surface area contributed by atoms with E-state index in [1.807, 2.05) is 12.1 Å². The van der Waals surface area contributed by atoms with Crippen LogP contribution in [0.15, 0.2) is 43.0 Å². The van der Waals surface area contributed by atoms with Crippen LogP contribution < -0.4 is 4.90 Å². The lowest BCUT2D eigenvalue weighted by atomic mass is 9.93. The van der Waals surface area contributed by atoms with E-state index in [4.69, 9.17) is 5.11 Å². The molecule has 2 N–H and O–H groups in total. The molecule has 0 amide bonds. The SMILES string of the molecule is O=C(O)c1cc(N2CCC(c3cc(-c4ccncc4)n[nH]3)CC2)ncn1. The van der Waals surface area contributed by atoms with Crippen LogP contribution in [0.3, 0.4) is 0 Å². The summed E-state index contributed by atoms with van der Waals surface area (Å²) in [6.45, 7) is 1.62. The highest BCUT2D eigenvalue weighted by molar-refractivity contribution is 5.86. The van der Waals surface area contributed by atoms with Crippen molar-refractivity contribution in [1.82, 2.24) is 25.1 Å². The average Bonchev–Trinajstić information content (AvgIpc) is 3.19. The van der Waals surface area contributed by atoms with Gasteiger partial charge >= 0.3 is 5.97 Å². The first-order valence-electron chi connectivity index (χ1n) is 8.46. The maximum atomic E-state index is 11.1. The maximum Gasteiger partial charge on any atom is 0.354 e. The summed E-state index contributed by atoms with van der Waals surface area (Å²) in [6.07, 6.45) is 6.72. The molecular formula is C18H18N6O2. The molecule has 0 bridgehead atoms. The Balaban J connectivity index is 1.43. The summed E-state index contributed by atoms with van der Waals surface area (Å²) in [4.78, 5) is 25.2. The summed E-state index contributed by atoms with van der Waals surface area (Å²) >= 11 is 0. The second kappa shape index (κ2) is 6.91. The van der Waals surface area contributed by atoms with Crippen LogP contribution in [-0.4, -0.2) is 49.3 Å². The Morgan fingerprint density at radius 2 is 1.92 bits per heavy atom. The first-order valence-corrected chi connectivity index (χ1v) is 8.46. The van der Waals surface area contributed by atoms with E-state index < -0.39 is 5.97 Å². The molecule has 0 aliphatic carbocycles. The lowest BCUT2D eigenvalue weighted by Crippen LogP contribution is -2.33. The third kappa shape index (κ3) is 3.26. The average molecular weight is 350 g/mol. The lowest BCUT2D eigenvalue weighted by molar-refractivity contribution is 0.0690. The van der Waals surface area contributed by atoms with E-state index in [9.17, 15) is 4.79 Å². The Morgan fingerprint density at radius 1 is 1.15 bits per heavy atom. The molecule has 0 atom stereocenters. The molecule has 0 saturated carbocycles. The van der Waals surface area contributed by atoms with Gasteiger partial charge in [-0.3, -0.25) is 10.1 Å². The fraction of sp³-hybridized carbons (Fsp3) is 0.278. The highest BCUT2D eigenvalue weighted by Gasteiger charge is 2.23. The molecule has 132 valence electrons. The topological polar surface area (TPSA) is 108 Å². The molecule has 0 radical (unpaired) electrons. The normalized spacial score (nSPS) is 15.2. The molecule has 8 heteroatoms. The van der Waals surface area contributed by atoms with Gasteiger partial charge in [0.15, 0.2) is 5.69 Å². The smallest absolute Gasteiger partial charge is 0.354 e. The first-order chi connectivity index (χ1) is 12.7. The van der Waals surface area contributed by atoms with Crippen LogP contribution in [0.4, 0.5) is 5.82 Å². The number of hydrogen-bond donors (Lipinski definition) is 2. The number of aromatic carboxylic acids is 1. The first kappa shape index (κ1) is 16.2. The molecule has 0 unspecified atom stereocenters. The Morgan fingerprint density at radius 3 is 2.65 bits per heavy atom. The van der Waals surface area contributed by atoms with Gasteiger partial charge in [0.2, 0.25) is 0 Å². The van der Waals surface area contributed by atoms with Crippen LogP contribution in [-0.2, 0) is 0 Å². The van der Waals surface area contributed by atoms with Crippen LogP contribution >= 0.6 is 0 Å².